The lowest BCUT2D eigenvalue weighted by molar-refractivity contribution is -0.116. The number of hydrogen-bond acceptors (Lipinski definition) is 3. The molecule has 19 heavy (non-hydrogen) atoms. The third-order valence-electron chi connectivity index (χ3n) is 3.21. The first-order chi connectivity index (χ1) is 9.06. The van der Waals surface area contributed by atoms with Crippen molar-refractivity contribution in [3.05, 3.63) is 29.8 Å². The summed E-state index contributed by atoms with van der Waals surface area (Å²) in [6.45, 7) is 8.64. The summed E-state index contributed by atoms with van der Waals surface area (Å²) < 4.78 is 0. The summed E-state index contributed by atoms with van der Waals surface area (Å²) in [7, 11) is 0. The largest absolute Gasteiger partial charge is 0.326 e. The van der Waals surface area contributed by atoms with Gasteiger partial charge in [-0.1, -0.05) is 19.1 Å². The molecule has 1 amide bonds. The minimum Gasteiger partial charge on any atom is -0.326 e. The third-order valence-corrected chi connectivity index (χ3v) is 3.21. The number of nitrogens with one attached hydrogen (secondary N) is 1. The molecule has 3 N–H and O–H groups in total. The monoisotopic (exact) mass is 263 g/mol. The average Bonchev–Trinajstić information content (AvgIpc) is 2.39. The molecule has 4 nitrogen and oxygen atoms in total. The number of amides is 1. The van der Waals surface area contributed by atoms with Gasteiger partial charge < -0.3 is 16.0 Å². The maximum Gasteiger partial charge on any atom is 0.225 e. The van der Waals surface area contributed by atoms with Crippen LogP contribution in [0.5, 0.6) is 0 Å². The van der Waals surface area contributed by atoms with Crippen molar-refractivity contribution in [1.29, 1.82) is 0 Å². The van der Waals surface area contributed by atoms with E-state index in [1.54, 1.807) is 0 Å². The zero-order valence-corrected chi connectivity index (χ0v) is 12.1. The SMILES string of the molecule is CCN(CCC(=O)Nc1cccc(CN)c1)C(C)C. The quantitative estimate of drug-likeness (QED) is 0.793. The minimum absolute atomic E-state index is 0.0493. The van der Waals surface area contributed by atoms with Gasteiger partial charge in [-0.25, -0.2) is 0 Å². The highest BCUT2D eigenvalue weighted by Gasteiger charge is 2.09. The summed E-state index contributed by atoms with van der Waals surface area (Å²) in [6, 6.07) is 8.13. The molecule has 1 rings (SSSR count). The fourth-order valence-corrected chi connectivity index (χ4v) is 2.03. The van der Waals surface area contributed by atoms with Gasteiger partial charge in [0.1, 0.15) is 0 Å². The Morgan fingerprint density at radius 3 is 2.74 bits per heavy atom. The Morgan fingerprint density at radius 1 is 1.42 bits per heavy atom. The number of nitrogens with two attached hydrogens (primary N) is 1. The normalized spacial score (nSPS) is 11.1. The second-order valence-corrected chi connectivity index (χ2v) is 4.93. The fourth-order valence-electron chi connectivity index (χ4n) is 2.03. The van der Waals surface area contributed by atoms with Crippen LogP contribution in [0.15, 0.2) is 24.3 Å². The lowest BCUT2D eigenvalue weighted by Crippen LogP contribution is -2.33. The highest BCUT2D eigenvalue weighted by atomic mass is 16.1. The van der Waals surface area contributed by atoms with Crippen LogP contribution in [-0.2, 0) is 11.3 Å². The lowest BCUT2D eigenvalue weighted by Gasteiger charge is -2.24. The average molecular weight is 263 g/mol. The number of rotatable bonds is 7. The van der Waals surface area contributed by atoms with E-state index in [1.165, 1.54) is 0 Å². The number of carbonyl (C=O) groups is 1. The van der Waals surface area contributed by atoms with E-state index in [1.807, 2.05) is 24.3 Å². The molecule has 0 unspecified atom stereocenters. The van der Waals surface area contributed by atoms with E-state index in [0.717, 1.165) is 24.3 Å². The van der Waals surface area contributed by atoms with Crippen molar-refractivity contribution < 1.29 is 4.79 Å². The number of nitrogens with zero attached hydrogens (tertiary/aromatic N) is 1. The molecule has 0 aliphatic rings. The number of hydrogen-bond donors (Lipinski definition) is 2. The zero-order chi connectivity index (χ0) is 14.3. The van der Waals surface area contributed by atoms with Crippen molar-refractivity contribution in [2.45, 2.75) is 39.8 Å². The number of benzene rings is 1. The molecule has 0 bridgehead atoms. The molecule has 0 radical (unpaired) electrons. The van der Waals surface area contributed by atoms with Crippen LogP contribution in [0.1, 0.15) is 32.8 Å². The highest BCUT2D eigenvalue weighted by Crippen LogP contribution is 2.10. The van der Waals surface area contributed by atoms with Gasteiger partial charge in [-0.15, -0.1) is 0 Å². The van der Waals surface area contributed by atoms with Gasteiger partial charge >= 0.3 is 0 Å². The molecule has 0 saturated carbocycles. The van der Waals surface area contributed by atoms with Crippen molar-refractivity contribution >= 4 is 11.6 Å². The molecule has 0 aliphatic carbocycles. The summed E-state index contributed by atoms with van der Waals surface area (Å²) in [5.41, 5.74) is 7.42. The maximum absolute atomic E-state index is 11.9. The second kappa shape index (κ2) is 7.92. The topological polar surface area (TPSA) is 58.4 Å². The van der Waals surface area contributed by atoms with Crippen LogP contribution >= 0.6 is 0 Å². The van der Waals surface area contributed by atoms with Crippen molar-refractivity contribution in [1.82, 2.24) is 4.90 Å². The summed E-state index contributed by atoms with van der Waals surface area (Å²) in [5.74, 6) is 0.0493. The molecule has 0 heterocycles. The van der Waals surface area contributed by atoms with E-state index < -0.39 is 0 Å². The molecule has 106 valence electrons. The van der Waals surface area contributed by atoms with Crippen molar-refractivity contribution in [2.75, 3.05) is 18.4 Å². The van der Waals surface area contributed by atoms with Crippen LogP contribution in [0.3, 0.4) is 0 Å². The molecule has 1 aromatic rings. The highest BCUT2D eigenvalue weighted by molar-refractivity contribution is 5.90. The zero-order valence-electron chi connectivity index (χ0n) is 12.1. The summed E-state index contributed by atoms with van der Waals surface area (Å²) >= 11 is 0. The van der Waals surface area contributed by atoms with Gasteiger partial charge in [-0.2, -0.15) is 0 Å². The van der Waals surface area contributed by atoms with E-state index >= 15 is 0 Å². The maximum atomic E-state index is 11.9. The Kier molecular flexibility index (Phi) is 6.53. The van der Waals surface area contributed by atoms with Gasteiger partial charge in [0.15, 0.2) is 0 Å². The standard InChI is InChI=1S/C15H25N3O/c1-4-18(12(2)3)9-8-15(19)17-14-7-5-6-13(10-14)11-16/h5-7,10,12H,4,8-9,11,16H2,1-3H3,(H,17,19). The van der Waals surface area contributed by atoms with E-state index in [4.69, 9.17) is 5.73 Å². The van der Waals surface area contributed by atoms with Gasteiger partial charge in [0.25, 0.3) is 0 Å². The Labute approximate surface area is 116 Å². The summed E-state index contributed by atoms with van der Waals surface area (Å²) in [6.07, 6.45) is 0.513. The Bertz CT molecular complexity index is 404. The van der Waals surface area contributed by atoms with Crippen LogP contribution in [0.4, 0.5) is 5.69 Å². The molecule has 0 fully saturated rings. The molecular formula is C15H25N3O. The Balaban J connectivity index is 2.46. The van der Waals surface area contributed by atoms with Crippen LogP contribution < -0.4 is 11.1 Å². The lowest BCUT2D eigenvalue weighted by atomic mass is 10.2. The number of carbonyl (C=O) groups excluding carboxylic acids is 1. The van der Waals surface area contributed by atoms with Crippen LogP contribution in [0.2, 0.25) is 0 Å². The summed E-state index contributed by atoms with van der Waals surface area (Å²) in [4.78, 5) is 14.2. The second-order valence-electron chi connectivity index (χ2n) is 4.93. The smallest absolute Gasteiger partial charge is 0.225 e. The van der Waals surface area contributed by atoms with E-state index in [-0.39, 0.29) is 5.91 Å². The van der Waals surface area contributed by atoms with Crippen molar-refractivity contribution in [2.24, 2.45) is 5.73 Å². The van der Waals surface area contributed by atoms with Gasteiger partial charge in [0, 0.05) is 31.2 Å². The predicted molar refractivity (Wildman–Crippen MR) is 80.0 cm³/mol. The molecule has 1 aromatic carbocycles. The third kappa shape index (κ3) is 5.41. The number of anilines is 1. The molecule has 0 saturated heterocycles. The van der Waals surface area contributed by atoms with Gasteiger partial charge in [0.05, 0.1) is 0 Å². The van der Waals surface area contributed by atoms with Crippen molar-refractivity contribution in [3.8, 4) is 0 Å². The molecular weight excluding hydrogens is 238 g/mol. The fraction of sp³-hybridized carbons (Fsp3) is 0.533. The van der Waals surface area contributed by atoms with Gasteiger partial charge in [-0.3, -0.25) is 4.79 Å². The van der Waals surface area contributed by atoms with Crippen molar-refractivity contribution in [3.63, 3.8) is 0 Å². The van der Waals surface area contributed by atoms with Crippen LogP contribution in [-0.4, -0.2) is 29.9 Å². The summed E-state index contributed by atoms with van der Waals surface area (Å²) in [5, 5.41) is 2.91. The first kappa shape index (κ1) is 15.7. The predicted octanol–water partition coefficient (Wildman–Crippen LogP) is 2.20. The molecule has 0 atom stereocenters. The van der Waals surface area contributed by atoms with E-state index in [2.05, 4.69) is 31.0 Å². The molecule has 0 spiro atoms. The molecule has 0 aliphatic heterocycles. The molecule has 4 heteroatoms. The van der Waals surface area contributed by atoms with Gasteiger partial charge in [0.2, 0.25) is 5.91 Å². The van der Waals surface area contributed by atoms with Crippen LogP contribution in [0, 0.1) is 0 Å². The van der Waals surface area contributed by atoms with Gasteiger partial charge in [-0.05, 0) is 38.1 Å². The Morgan fingerprint density at radius 2 is 2.16 bits per heavy atom. The first-order valence-electron chi connectivity index (χ1n) is 6.89. The Hall–Kier alpha value is -1.39. The molecule has 0 aromatic heterocycles. The first-order valence-corrected chi connectivity index (χ1v) is 6.89. The van der Waals surface area contributed by atoms with E-state index in [9.17, 15) is 4.79 Å². The van der Waals surface area contributed by atoms with Crippen LogP contribution in [0.25, 0.3) is 0 Å². The van der Waals surface area contributed by atoms with E-state index in [0.29, 0.717) is 19.0 Å². The minimum atomic E-state index is 0.0493.